The van der Waals surface area contributed by atoms with E-state index in [1.54, 1.807) is 12.3 Å². The molecule has 3 aromatic rings. The number of nitrogens with zero attached hydrogens (tertiary/aromatic N) is 1. The zero-order chi connectivity index (χ0) is 18.6. The first-order valence-electron chi connectivity index (χ1n) is 8.79. The number of hydrogen-bond donors (Lipinski definition) is 0. The van der Waals surface area contributed by atoms with Crippen LogP contribution in [0.2, 0.25) is 0 Å². The number of carbonyl (C=O) groups excluding carboxylic acids is 1. The molecule has 4 rings (SSSR count). The molecule has 4 nitrogen and oxygen atoms in total. The Bertz CT molecular complexity index is 1010. The number of rotatable bonds is 3. The van der Waals surface area contributed by atoms with E-state index in [1.165, 1.54) is 7.11 Å². The molecule has 0 fully saturated rings. The van der Waals surface area contributed by atoms with Crippen molar-refractivity contribution in [1.82, 2.24) is 4.98 Å². The molecule has 4 heteroatoms. The van der Waals surface area contributed by atoms with Crippen molar-refractivity contribution >= 4 is 11.5 Å². The lowest BCUT2D eigenvalue weighted by molar-refractivity contribution is 0.0600. The average molecular weight is 357 g/mol. The van der Waals surface area contributed by atoms with E-state index in [1.807, 2.05) is 36.5 Å². The van der Waals surface area contributed by atoms with E-state index in [-0.39, 0.29) is 5.97 Å². The number of carbonyl (C=O) groups is 1. The Morgan fingerprint density at radius 3 is 2.85 bits per heavy atom. The van der Waals surface area contributed by atoms with Crippen LogP contribution in [-0.4, -0.2) is 18.1 Å². The molecule has 1 aliphatic heterocycles. The number of ether oxygens (including phenoxy) is 2. The molecule has 27 heavy (non-hydrogen) atoms. The molecule has 0 saturated heterocycles. The fourth-order valence-electron chi connectivity index (χ4n) is 3.28. The molecular formula is C23H19NO3. The third-order valence-electron chi connectivity index (χ3n) is 4.65. The summed E-state index contributed by atoms with van der Waals surface area (Å²) < 4.78 is 10.9. The van der Waals surface area contributed by atoms with Gasteiger partial charge in [-0.05, 0) is 52.9 Å². The van der Waals surface area contributed by atoms with Gasteiger partial charge in [0, 0.05) is 18.0 Å². The Labute approximate surface area is 158 Å². The smallest absolute Gasteiger partial charge is 0.337 e. The number of fused-ring (bicyclic) bond motifs is 2. The number of methoxy groups -OCH3 is 1. The van der Waals surface area contributed by atoms with Gasteiger partial charge >= 0.3 is 5.97 Å². The van der Waals surface area contributed by atoms with Gasteiger partial charge in [0.2, 0.25) is 0 Å². The third kappa shape index (κ3) is 3.47. The first-order chi connectivity index (χ1) is 13.3. The normalized spacial score (nSPS) is 13.9. The topological polar surface area (TPSA) is 48.4 Å². The molecule has 1 aliphatic rings. The van der Waals surface area contributed by atoms with Crippen LogP contribution in [0.15, 0.2) is 73.1 Å². The van der Waals surface area contributed by atoms with Crippen LogP contribution in [0.5, 0.6) is 5.75 Å². The number of hydrogen-bond acceptors (Lipinski definition) is 4. The Kier molecular flexibility index (Phi) is 4.71. The highest BCUT2D eigenvalue weighted by Gasteiger charge is 2.20. The second-order valence-corrected chi connectivity index (χ2v) is 6.33. The van der Waals surface area contributed by atoms with E-state index < -0.39 is 0 Å². The van der Waals surface area contributed by atoms with Crippen LogP contribution in [0.4, 0.5) is 0 Å². The molecule has 0 amide bonds. The van der Waals surface area contributed by atoms with E-state index in [0.717, 1.165) is 40.0 Å². The molecule has 0 aliphatic carbocycles. The molecule has 0 unspecified atom stereocenters. The second-order valence-electron chi connectivity index (χ2n) is 6.33. The molecular weight excluding hydrogens is 338 g/mol. The highest BCUT2D eigenvalue weighted by atomic mass is 16.5. The van der Waals surface area contributed by atoms with Gasteiger partial charge in [-0.3, -0.25) is 4.98 Å². The van der Waals surface area contributed by atoms with Crippen molar-refractivity contribution in [2.75, 3.05) is 7.11 Å². The van der Waals surface area contributed by atoms with Gasteiger partial charge in [-0.2, -0.15) is 0 Å². The van der Waals surface area contributed by atoms with E-state index in [2.05, 4.69) is 29.3 Å². The standard InChI is InChI=1S/C23H19NO3/c1-26-23(25)17-9-11-22-21(13-17)20(10-8-16-5-4-12-24-14-16)19-7-3-2-6-18(19)15-27-22/h2-7,9-14H,8,15H2,1H3/b20-10+. The minimum Gasteiger partial charge on any atom is -0.488 e. The fraction of sp³-hybridized carbons (Fsp3) is 0.130. The van der Waals surface area contributed by atoms with E-state index >= 15 is 0 Å². The van der Waals surface area contributed by atoms with Crippen molar-refractivity contribution in [1.29, 1.82) is 0 Å². The first kappa shape index (κ1) is 17.0. The summed E-state index contributed by atoms with van der Waals surface area (Å²) in [5.74, 6) is 0.401. The lowest BCUT2D eigenvalue weighted by Crippen LogP contribution is -2.02. The molecule has 134 valence electrons. The molecule has 2 heterocycles. The summed E-state index contributed by atoms with van der Waals surface area (Å²) in [5, 5.41) is 0. The maximum Gasteiger partial charge on any atom is 0.337 e. The van der Waals surface area contributed by atoms with Gasteiger partial charge < -0.3 is 9.47 Å². The molecule has 1 aromatic heterocycles. The van der Waals surface area contributed by atoms with E-state index in [0.29, 0.717) is 12.2 Å². The largest absolute Gasteiger partial charge is 0.488 e. The molecule has 0 bridgehead atoms. The van der Waals surface area contributed by atoms with Crippen LogP contribution in [-0.2, 0) is 17.8 Å². The maximum absolute atomic E-state index is 12.0. The van der Waals surface area contributed by atoms with Crippen molar-refractivity contribution in [3.05, 3.63) is 101 Å². The predicted octanol–water partition coefficient (Wildman–Crippen LogP) is 4.44. The van der Waals surface area contributed by atoms with Gasteiger partial charge in [-0.15, -0.1) is 0 Å². The van der Waals surface area contributed by atoms with Crippen LogP contribution in [0.1, 0.15) is 32.6 Å². The van der Waals surface area contributed by atoms with Gasteiger partial charge in [-0.1, -0.05) is 36.4 Å². The van der Waals surface area contributed by atoms with Gasteiger partial charge in [0.25, 0.3) is 0 Å². The van der Waals surface area contributed by atoms with E-state index in [9.17, 15) is 4.79 Å². The average Bonchev–Trinajstić information content (AvgIpc) is 2.88. The summed E-state index contributed by atoms with van der Waals surface area (Å²) in [6, 6.07) is 17.6. The van der Waals surface area contributed by atoms with Gasteiger partial charge in [0.15, 0.2) is 0 Å². The lowest BCUT2D eigenvalue weighted by Gasteiger charge is -2.12. The molecule has 0 N–H and O–H groups in total. The molecule has 2 aromatic carbocycles. The van der Waals surface area contributed by atoms with Crippen LogP contribution in [0, 0.1) is 0 Å². The summed E-state index contributed by atoms with van der Waals surface area (Å²) in [6.45, 7) is 0.491. The van der Waals surface area contributed by atoms with Crippen LogP contribution < -0.4 is 4.74 Å². The monoisotopic (exact) mass is 357 g/mol. The minimum absolute atomic E-state index is 0.359. The lowest BCUT2D eigenvalue weighted by atomic mass is 9.92. The number of allylic oxidation sites excluding steroid dienone is 1. The van der Waals surface area contributed by atoms with Crippen molar-refractivity contribution in [2.24, 2.45) is 0 Å². The quantitative estimate of drug-likeness (QED) is 0.651. The van der Waals surface area contributed by atoms with Gasteiger partial charge in [-0.25, -0.2) is 4.79 Å². The highest BCUT2D eigenvalue weighted by Crippen LogP contribution is 2.37. The van der Waals surface area contributed by atoms with Crippen molar-refractivity contribution in [2.45, 2.75) is 13.0 Å². The molecule has 0 atom stereocenters. The van der Waals surface area contributed by atoms with Crippen LogP contribution >= 0.6 is 0 Å². The van der Waals surface area contributed by atoms with Crippen molar-refractivity contribution in [3.63, 3.8) is 0 Å². The number of benzene rings is 2. The second kappa shape index (κ2) is 7.46. The van der Waals surface area contributed by atoms with Crippen LogP contribution in [0.25, 0.3) is 5.57 Å². The zero-order valence-electron chi connectivity index (χ0n) is 15.0. The predicted molar refractivity (Wildman–Crippen MR) is 104 cm³/mol. The first-order valence-corrected chi connectivity index (χ1v) is 8.79. The number of aromatic nitrogens is 1. The Morgan fingerprint density at radius 1 is 1.15 bits per heavy atom. The zero-order valence-corrected chi connectivity index (χ0v) is 15.0. The summed E-state index contributed by atoms with van der Waals surface area (Å²) >= 11 is 0. The molecule has 0 saturated carbocycles. The minimum atomic E-state index is -0.359. The Balaban J connectivity index is 1.85. The fourth-order valence-corrected chi connectivity index (χ4v) is 3.28. The van der Waals surface area contributed by atoms with Crippen molar-refractivity contribution in [3.8, 4) is 5.75 Å². The van der Waals surface area contributed by atoms with Crippen LogP contribution in [0.3, 0.4) is 0 Å². The SMILES string of the molecule is COC(=O)c1ccc2c(c1)/C(=C/Cc1cccnc1)c1ccccc1CO2. The van der Waals surface area contributed by atoms with Gasteiger partial charge in [0.05, 0.1) is 12.7 Å². The third-order valence-corrected chi connectivity index (χ3v) is 4.65. The Hall–Kier alpha value is -3.40. The summed E-state index contributed by atoms with van der Waals surface area (Å²) in [5.41, 5.74) is 5.80. The maximum atomic E-state index is 12.0. The van der Waals surface area contributed by atoms with Crippen molar-refractivity contribution < 1.29 is 14.3 Å². The molecule has 0 radical (unpaired) electrons. The summed E-state index contributed by atoms with van der Waals surface area (Å²) in [6.07, 6.45) is 6.54. The summed E-state index contributed by atoms with van der Waals surface area (Å²) in [4.78, 5) is 16.2. The highest BCUT2D eigenvalue weighted by molar-refractivity contribution is 5.93. The van der Waals surface area contributed by atoms with E-state index in [4.69, 9.17) is 9.47 Å². The van der Waals surface area contributed by atoms with Gasteiger partial charge in [0.1, 0.15) is 12.4 Å². The molecule has 0 spiro atoms. The number of esters is 1. The Morgan fingerprint density at radius 2 is 2.04 bits per heavy atom. The summed E-state index contributed by atoms with van der Waals surface area (Å²) in [7, 11) is 1.39. The number of pyridine rings is 1.